The maximum atomic E-state index is 11.0. The summed E-state index contributed by atoms with van der Waals surface area (Å²) in [6, 6.07) is 7.54. The number of carboxylic acid groups (broad SMARTS) is 1. The summed E-state index contributed by atoms with van der Waals surface area (Å²) in [4.78, 5) is 25.7. The van der Waals surface area contributed by atoms with E-state index in [9.17, 15) is 4.79 Å². The summed E-state index contributed by atoms with van der Waals surface area (Å²) in [6.07, 6.45) is 3.11. The zero-order chi connectivity index (χ0) is 17.4. The molecule has 4 rings (SSSR count). The van der Waals surface area contributed by atoms with Gasteiger partial charge < -0.3 is 10.1 Å². The van der Waals surface area contributed by atoms with Crippen LogP contribution in [0.4, 0.5) is 0 Å². The van der Waals surface area contributed by atoms with E-state index in [1.54, 1.807) is 12.3 Å². The summed E-state index contributed by atoms with van der Waals surface area (Å²) in [5.74, 6) is -0.0980. The van der Waals surface area contributed by atoms with Crippen molar-refractivity contribution in [1.29, 1.82) is 5.26 Å². The second-order valence-electron chi connectivity index (χ2n) is 6.44. The minimum absolute atomic E-state index is 0.232. The zero-order valence-electron chi connectivity index (χ0n) is 13.6. The third-order valence-electron chi connectivity index (χ3n) is 4.80. The Bertz CT molecular complexity index is 996. The van der Waals surface area contributed by atoms with Gasteiger partial charge in [-0.3, -0.25) is 14.7 Å². The molecule has 0 amide bonds. The number of fused-ring (bicyclic) bond motifs is 3. The second kappa shape index (κ2) is 6.15. The molecule has 0 bridgehead atoms. The highest BCUT2D eigenvalue weighted by molar-refractivity contribution is 6.02. The van der Waals surface area contributed by atoms with E-state index in [0.29, 0.717) is 24.9 Å². The fourth-order valence-electron chi connectivity index (χ4n) is 3.40. The molecule has 7 heteroatoms. The van der Waals surface area contributed by atoms with Gasteiger partial charge in [0.2, 0.25) is 0 Å². The number of carboxylic acids is 1. The van der Waals surface area contributed by atoms with Crippen molar-refractivity contribution in [3.8, 4) is 6.07 Å². The average molecular weight is 335 g/mol. The number of nitrogens with one attached hydrogen (secondary N) is 1. The number of piperidine rings is 1. The number of H-pyrrole nitrogens is 1. The number of hydrogen-bond acceptors (Lipinski definition) is 5. The number of likely N-dealkylation sites (tertiary alicyclic amines) is 1. The zero-order valence-corrected chi connectivity index (χ0v) is 13.6. The van der Waals surface area contributed by atoms with Gasteiger partial charge in [0.25, 0.3) is 0 Å². The topological polar surface area (TPSA) is 106 Å². The van der Waals surface area contributed by atoms with Gasteiger partial charge in [0.1, 0.15) is 5.82 Å². The number of carbonyl (C=O) groups is 1. The van der Waals surface area contributed by atoms with Crippen LogP contribution in [0.15, 0.2) is 24.4 Å². The number of aliphatic carboxylic acids is 1. The third kappa shape index (κ3) is 2.92. The number of nitrogens with zero attached hydrogens (tertiary/aromatic N) is 4. The largest absolute Gasteiger partial charge is 0.481 e. The molecule has 0 radical (unpaired) electrons. The van der Waals surface area contributed by atoms with E-state index in [-0.39, 0.29) is 5.92 Å². The van der Waals surface area contributed by atoms with Gasteiger partial charge in [-0.05, 0) is 44.1 Å². The van der Waals surface area contributed by atoms with E-state index in [1.165, 1.54) is 0 Å². The smallest absolute Gasteiger partial charge is 0.306 e. The molecule has 0 aliphatic carbocycles. The standard InChI is InChI=1S/C18H17N5O2/c19-8-11-1-2-14-13(7-11)17-15(9-20-14)21-16(22-17)10-23-5-3-12(4-6-23)18(24)25/h1-2,7,9,12H,3-6,10H2,(H,21,22)(H,24,25). The quantitative estimate of drug-likeness (QED) is 0.760. The summed E-state index contributed by atoms with van der Waals surface area (Å²) in [5, 5.41) is 19.1. The minimum Gasteiger partial charge on any atom is -0.481 e. The molecule has 25 heavy (non-hydrogen) atoms. The fraction of sp³-hybridized carbons (Fsp3) is 0.333. The van der Waals surface area contributed by atoms with Crippen molar-refractivity contribution in [2.75, 3.05) is 13.1 Å². The van der Waals surface area contributed by atoms with Crippen molar-refractivity contribution in [2.45, 2.75) is 19.4 Å². The summed E-state index contributed by atoms with van der Waals surface area (Å²) in [7, 11) is 0. The molecule has 1 aromatic carbocycles. The van der Waals surface area contributed by atoms with Crippen LogP contribution >= 0.6 is 0 Å². The Labute approximate surface area is 143 Å². The van der Waals surface area contributed by atoms with E-state index in [2.05, 4.69) is 20.9 Å². The third-order valence-corrected chi connectivity index (χ3v) is 4.80. The van der Waals surface area contributed by atoms with Gasteiger partial charge in [-0.2, -0.15) is 5.26 Å². The molecule has 1 fully saturated rings. The highest BCUT2D eigenvalue weighted by Crippen LogP contribution is 2.24. The Morgan fingerprint density at radius 3 is 2.92 bits per heavy atom. The highest BCUT2D eigenvalue weighted by Gasteiger charge is 2.25. The Morgan fingerprint density at radius 1 is 1.40 bits per heavy atom. The lowest BCUT2D eigenvalue weighted by Gasteiger charge is -2.29. The first-order valence-electron chi connectivity index (χ1n) is 8.26. The van der Waals surface area contributed by atoms with E-state index in [1.807, 2.05) is 12.1 Å². The predicted molar refractivity (Wildman–Crippen MR) is 91.7 cm³/mol. The molecule has 0 spiro atoms. The van der Waals surface area contributed by atoms with Gasteiger partial charge in [0.05, 0.1) is 46.8 Å². The van der Waals surface area contributed by atoms with Crippen molar-refractivity contribution in [2.24, 2.45) is 5.92 Å². The Morgan fingerprint density at radius 2 is 2.20 bits per heavy atom. The van der Waals surface area contributed by atoms with Crippen LogP contribution in [-0.2, 0) is 11.3 Å². The molecular weight excluding hydrogens is 318 g/mol. The van der Waals surface area contributed by atoms with Gasteiger partial charge in [-0.1, -0.05) is 0 Å². The van der Waals surface area contributed by atoms with Crippen LogP contribution in [0.2, 0.25) is 0 Å². The first-order valence-corrected chi connectivity index (χ1v) is 8.26. The van der Waals surface area contributed by atoms with E-state index in [0.717, 1.165) is 40.9 Å². The number of aromatic amines is 1. The van der Waals surface area contributed by atoms with Crippen molar-refractivity contribution < 1.29 is 9.90 Å². The maximum absolute atomic E-state index is 11.0. The van der Waals surface area contributed by atoms with Crippen molar-refractivity contribution in [1.82, 2.24) is 19.9 Å². The summed E-state index contributed by atoms with van der Waals surface area (Å²) in [5.41, 5.74) is 3.06. The number of imidazole rings is 1. The van der Waals surface area contributed by atoms with Crippen molar-refractivity contribution >= 4 is 27.9 Å². The lowest BCUT2D eigenvalue weighted by Crippen LogP contribution is -2.36. The molecule has 1 saturated heterocycles. The number of benzene rings is 1. The number of hydrogen-bond donors (Lipinski definition) is 2. The number of rotatable bonds is 3. The predicted octanol–water partition coefficient (Wildman–Crippen LogP) is 2.28. The molecule has 2 N–H and O–H groups in total. The Kier molecular flexibility index (Phi) is 3.82. The van der Waals surface area contributed by atoms with Crippen LogP contribution in [0.5, 0.6) is 0 Å². The normalized spacial score (nSPS) is 16.3. The molecule has 126 valence electrons. The first-order chi connectivity index (χ1) is 12.1. The molecule has 3 aromatic rings. The van der Waals surface area contributed by atoms with E-state index < -0.39 is 5.97 Å². The van der Waals surface area contributed by atoms with Gasteiger partial charge in [0, 0.05) is 5.39 Å². The maximum Gasteiger partial charge on any atom is 0.306 e. The van der Waals surface area contributed by atoms with Crippen LogP contribution in [0, 0.1) is 17.2 Å². The molecule has 0 unspecified atom stereocenters. The SMILES string of the molecule is N#Cc1ccc2ncc3[nH]c(CN4CCC(C(=O)O)CC4)nc3c2c1. The van der Waals surface area contributed by atoms with Crippen LogP contribution in [0.1, 0.15) is 24.2 Å². The molecule has 2 aromatic heterocycles. The van der Waals surface area contributed by atoms with Crippen LogP contribution < -0.4 is 0 Å². The summed E-state index contributed by atoms with van der Waals surface area (Å²) >= 11 is 0. The molecule has 0 atom stereocenters. The van der Waals surface area contributed by atoms with Crippen LogP contribution in [0.25, 0.3) is 21.9 Å². The van der Waals surface area contributed by atoms with Gasteiger partial charge in [0.15, 0.2) is 0 Å². The fourth-order valence-corrected chi connectivity index (χ4v) is 3.40. The average Bonchev–Trinajstić information content (AvgIpc) is 3.04. The Hall–Kier alpha value is -2.98. The molecule has 1 aliphatic heterocycles. The van der Waals surface area contributed by atoms with Gasteiger partial charge in [-0.25, -0.2) is 4.98 Å². The second-order valence-corrected chi connectivity index (χ2v) is 6.44. The molecule has 3 heterocycles. The lowest BCUT2D eigenvalue weighted by molar-refractivity contribution is -0.143. The number of nitriles is 1. The number of aromatic nitrogens is 3. The highest BCUT2D eigenvalue weighted by atomic mass is 16.4. The number of pyridine rings is 1. The Balaban J connectivity index is 1.60. The van der Waals surface area contributed by atoms with Crippen molar-refractivity contribution in [3.05, 3.63) is 35.8 Å². The van der Waals surface area contributed by atoms with Gasteiger partial charge >= 0.3 is 5.97 Å². The van der Waals surface area contributed by atoms with Gasteiger partial charge in [-0.15, -0.1) is 0 Å². The summed E-state index contributed by atoms with van der Waals surface area (Å²) < 4.78 is 0. The lowest BCUT2D eigenvalue weighted by atomic mass is 9.97. The van der Waals surface area contributed by atoms with E-state index >= 15 is 0 Å². The van der Waals surface area contributed by atoms with Crippen LogP contribution in [0.3, 0.4) is 0 Å². The molecule has 1 aliphatic rings. The molecule has 7 nitrogen and oxygen atoms in total. The first kappa shape index (κ1) is 15.5. The minimum atomic E-state index is -0.700. The van der Waals surface area contributed by atoms with E-state index in [4.69, 9.17) is 15.4 Å². The molecule has 0 saturated carbocycles. The summed E-state index contributed by atoms with van der Waals surface area (Å²) in [6.45, 7) is 2.16. The van der Waals surface area contributed by atoms with Crippen molar-refractivity contribution in [3.63, 3.8) is 0 Å². The monoisotopic (exact) mass is 335 g/mol. The molecular formula is C18H17N5O2. The van der Waals surface area contributed by atoms with Crippen LogP contribution in [-0.4, -0.2) is 44.0 Å².